The molecule has 18 heavy (non-hydrogen) atoms. The number of hydrogen-bond acceptors (Lipinski definition) is 3. The lowest BCUT2D eigenvalue weighted by Crippen LogP contribution is -2.46. The van der Waals surface area contributed by atoms with Crippen LogP contribution in [-0.2, 0) is 17.6 Å². The number of nitrogens with one attached hydrogen (secondary N) is 1. The molecule has 1 aliphatic heterocycles. The number of piperidine rings is 1. The zero-order valence-electron chi connectivity index (χ0n) is 10.9. The zero-order chi connectivity index (χ0) is 12.5. The van der Waals surface area contributed by atoms with Gasteiger partial charge in [-0.25, -0.2) is 0 Å². The lowest BCUT2D eigenvalue weighted by Gasteiger charge is -2.36. The summed E-state index contributed by atoms with van der Waals surface area (Å²) in [6.07, 6.45) is 6.11. The van der Waals surface area contributed by atoms with E-state index >= 15 is 0 Å². The number of carbonyl (C=O) groups is 1. The van der Waals surface area contributed by atoms with Crippen LogP contribution in [0.5, 0.6) is 0 Å². The minimum atomic E-state index is 0.114. The zero-order valence-corrected chi connectivity index (χ0v) is 10.9. The molecule has 0 radical (unpaired) electrons. The molecule has 1 fully saturated rings. The van der Waals surface area contributed by atoms with Gasteiger partial charge >= 0.3 is 0 Å². The van der Waals surface area contributed by atoms with E-state index in [0.29, 0.717) is 11.9 Å². The van der Waals surface area contributed by atoms with Crippen molar-refractivity contribution in [2.24, 2.45) is 5.92 Å². The second-order valence-corrected chi connectivity index (χ2v) is 5.53. The van der Waals surface area contributed by atoms with Gasteiger partial charge in [0.25, 0.3) is 0 Å². The molecule has 0 saturated carbocycles. The summed E-state index contributed by atoms with van der Waals surface area (Å²) in [5.74, 6) is 0.444. The summed E-state index contributed by atoms with van der Waals surface area (Å²) in [6.45, 7) is 3.10. The smallest absolute Gasteiger partial charge is 0.226 e. The third-order valence-electron chi connectivity index (χ3n) is 4.31. The first-order chi connectivity index (χ1) is 8.75. The van der Waals surface area contributed by atoms with Crippen LogP contribution in [0.3, 0.4) is 0 Å². The maximum absolute atomic E-state index is 12.6. The molecule has 1 saturated heterocycles. The average Bonchev–Trinajstić information content (AvgIpc) is 2.85. The number of carbonyl (C=O) groups excluding carboxylic acids is 1. The van der Waals surface area contributed by atoms with Gasteiger partial charge in [-0.05, 0) is 39.0 Å². The van der Waals surface area contributed by atoms with Gasteiger partial charge < -0.3 is 4.90 Å². The number of nitrogens with zero attached hydrogens (tertiary/aromatic N) is 3. The average molecular weight is 248 g/mol. The van der Waals surface area contributed by atoms with Crippen LogP contribution in [0.25, 0.3) is 0 Å². The van der Waals surface area contributed by atoms with Crippen molar-refractivity contribution in [3.05, 3.63) is 11.4 Å². The number of aryl methyl sites for hydroxylation is 1. The molecule has 1 N–H and O–H groups in total. The van der Waals surface area contributed by atoms with E-state index in [1.807, 2.05) is 0 Å². The number of amides is 1. The second kappa shape index (κ2) is 4.71. The molecule has 0 bridgehead atoms. The third-order valence-corrected chi connectivity index (χ3v) is 4.31. The van der Waals surface area contributed by atoms with Gasteiger partial charge in [-0.2, -0.15) is 15.4 Å². The van der Waals surface area contributed by atoms with Gasteiger partial charge in [0.1, 0.15) is 0 Å². The van der Waals surface area contributed by atoms with E-state index in [1.165, 1.54) is 6.42 Å². The Balaban J connectivity index is 1.70. The molecule has 5 heteroatoms. The van der Waals surface area contributed by atoms with Crippen molar-refractivity contribution in [2.75, 3.05) is 6.54 Å². The van der Waals surface area contributed by atoms with Crippen LogP contribution >= 0.6 is 0 Å². The molecule has 1 amide bonds. The Morgan fingerprint density at radius 1 is 1.28 bits per heavy atom. The summed E-state index contributed by atoms with van der Waals surface area (Å²) in [6, 6.07) is 0.407. The van der Waals surface area contributed by atoms with E-state index in [4.69, 9.17) is 0 Å². The molecule has 5 nitrogen and oxygen atoms in total. The fraction of sp³-hybridized carbons (Fsp3) is 0.769. The highest BCUT2D eigenvalue weighted by Gasteiger charge is 2.32. The fourth-order valence-electron chi connectivity index (χ4n) is 3.16. The number of aromatic amines is 1. The Hall–Kier alpha value is -1.39. The Labute approximate surface area is 107 Å². The lowest BCUT2D eigenvalue weighted by molar-refractivity contribution is -0.139. The van der Waals surface area contributed by atoms with Crippen LogP contribution in [0.4, 0.5) is 0 Å². The van der Waals surface area contributed by atoms with E-state index in [0.717, 1.165) is 50.0 Å². The molecule has 2 unspecified atom stereocenters. The minimum Gasteiger partial charge on any atom is -0.340 e. The summed E-state index contributed by atoms with van der Waals surface area (Å²) < 4.78 is 0. The molecule has 0 aromatic carbocycles. The molecule has 2 aliphatic rings. The SMILES string of the molecule is CC1CCCCN1C(=O)C1CCc2n[nH]nc2C1. The van der Waals surface area contributed by atoms with Crippen molar-refractivity contribution in [2.45, 2.75) is 51.5 Å². The highest BCUT2D eigenvalue weighted by molar-refractivity contribution is 5.79. The van der Waals surface area contributed by atoms with E-state index in [2.05, 4.69) is 27.2 Å². The second-order valence-electron chi connectivity index (χ2n) is 5.53. The first kappa shape index (κ1) is 11.7. The fourth-order valence-corrected chi connectivity index (χ4v) is 3.16. The standard InChI is InChI=1S/C13H20N4O/c1-9-4-2-3-7-17(9)13(18)10-5-6-11-12(8-10)15-16-14-11/h9-10H,2-8H2,1H3,(H,14,15,16). The molecule has 0 spiro atoms. The Bertz CT molecular complexity index is 442. The van der Waals surface area contributed by atoms with E-state index < -0.39 is 0 Å². The van der Waals surface area contributed by atoms with Crippen molar-refractivity contribution < 1.29 is 4.79 Å². The van der Waals surface area contributed by atoms with Gasteiger partial charge in [-0.1, -0.05) is 0 Å². The normalized spacial score (nSPS) is 27.9. The number of rotatable bonds is 1. The number of fused-ring (bicyclic) bond motifs is 1. The summed E-state index contributed by atoms with van der Waals surface area (Å²) in [7, 11) is 0. The maximum atomic E-state index is 12.6. The van der Waals surface area contributed by atoms with Gasteiger partial charge in [0, 0.05) is 24.9 Å². The van der Waals surface area contributed by atoms with Crippen LogP contribution in [0.1, 0.15) is 44.0 Å². The Kier molecular flexibility index (Phi) is 3.06. The van der Waals surface area contributed by atoms with Crippen LogP contribution in [-0.4, -0.2) is 38.8 Å². The first-order valence-corrected chi connectivity index (χ1v) is 6.94. The number of hydrogen-bond donors (Lipinski definition) is 1. The molecule has 98 valence electrons. The monoisotopic (exact) mass is 248 g/mol. The van der Waals surface area contributed by atoms with Gasteiger partial charge in [0.2, 0.25) is 5.91 Å². The highest BCUT2D eigenvalue weighted by Crippen LogP contribution is 2.26. The van der Waals surface area contributed by atoms with Crippen LogP contribution < -0.4 is 0 Å². The topological polar surface area (TPSA) is 61.9 Å². The summed E-state index contributed by atoms with van der Waals surface area (Å²) in [5, 5.41) is 10.9. The largest absolute Gasteiger partial charge is 0.340 e. The maximum Gasteiger partial charge on any atom is 0.226 e. The van der Waals surface area contributed by atoms with Crippen LogP contribution in [0.15, 0.2) is 0 Å². The van der Waals surface area contributed by atoms with Crippen LogP contribution in [0.2, 0.25) is 0 Å². The molecule has 1 aromatic heterocycles. The van der Waals surface area contributed by atoms with Crippen molar-refractivity contribution in [1.29, 1.82) is 0 Å². The van der Waals surface area contributed by atoms with Crippen molar-refractivity contribution >= 4 is 5.91 Å². The molecule has 2 heterocycles. The quantitative estimate of drug-likeness (QED) is 0.815. The van der Waals surface area contributed by atoms with Gasteiger partial charge in [0.15, 0.2) is 0 Å². The molecular weight excluding hydrogens is 228 g/mol. The van der Waals surface area contributed by atoms with E-state index in [-0.39, 0.29) is 5.92 Å². The Morgan fingerprint density at radius 2 is 2.11 bits per heavy atom. The minimum absolute atomic E-state index is 0.114. The molecule has 1 aromatic rings. The first-order valence-electron chi connectivity index (χ1n) is 6.94. The predicted octanol–water partition coefficient (Wildman–Crippen LogP) is 1.31. The number of likely N-dealkylation sites (tertiary alicyclic amines) is 1. The highest BCUT2D eigenvalue weighted by atomic mass is 16.2. The van der Waals surface area contributed by atoms with Crippen molar-refractivity contribution in [1.82, 2.24) is 20.3 Å². The summed E-state index contributed by atoms with van der Waals surface area (Å²) in [4.78, 5) is 14.6. The third kappa shape index (κ3) is 2.02. The molecular formula is C13H20N4O. The van der Waals surface area contributed by atoms with E-state index in [1.54, 1.807) is 0 Å². The van der Waals surface area contributed by atoms with E-state index in [9.17, 15) is 4.79 Å². The lowest BCUT2D eigenvalue weighted by atomic mass is 9.87. The molecule has 3 rings (SSSR count). The molecule has 2 atom stereocenters. The Morgan fingerprint density at radius 3 is 2.94 bits per heavy atom. The van der Waals surface area contributed by atoms with Gasteiger partial charge in [-0.3, -0.25) is 4.79 Å². The van der Waals surface area contributed by atoms with Gasteiger partial charge in [0.05, 0.1) is 11.4 Å². The van der Waals surface area contributed by atoms with Gasteiger partial charge in [-0.15, -0.1) is 0 Å². The predicted molar refractivity (Wildman–Crippen MR) is 66.9 cm³/mol. The summed E-state index contributed by atoms with van der Waals surface area (Å²) >= 11 is 0. The number of H-pyrrole nitrogens is 1. The van der Waals surface area contributed by atoms with Crippen molar-refractivity contribution in [3.8, 4) is 0 Å². The van der Waals surface area contributed by atoms with Crippen LogP contribution in [0, 0.1) is 5.92 Å². The van der Waals surface area contributed by atoms with Crippen molar-refractivity contribution in [3.63, 3.8) is 0 Å². The molecule has 1 aliphatic carbocycles. The number of aromatic nitrogens is 3. The summed E-state index contributed by atoms with van der Waals surface area (Å²) in [5.41, 5.74) is 2.04.